The molecule has 0 radical (unpaired) electrons. The zero-order valence-electron chi connectivity index (χ0n) is 23.4. The van der Waals surface area contributed by atoms with Gasteiger partial charge in [0.1, 0.15) is 8.42 Å². The van der Waals surface area contributed by atoms with Gasteiger partial charge in [0.2, 0.25) is 5.69 Å². The van der Waals surface area contributed by atoms with Crippen LogP contribution in [0.3, 0.4) is 0 Å². The Hall–Kier alpha value is -2.15. The summed E-state index contributed by atoms with van der Waals surface area (Å²) in [4.78, 5) is 0. The van der Waals surface area contributed by atoms with Crippen molar-refractivity contribution in [1.29, 1.82) is 0 Å². The van der Waals surface area contributed by atoms with E-state index in [-0.39, 0.29) is 6.17 Å². The first kappa shape index (κ1) is 20.5. The molecule has 170 valence electrons. The standard InChI is InChI=1S/C31H42N/c1-20(2)26-18-28(21(3)4)22(5)29(19-26)30-27-10-9-24(17-25(27)13-16-32(30)8)23-11-14-31(6,7)15-12-23/h9-10,13,16-21,23H,11-12,14-15H2,1-8H3/q+1/i13D,16D. The molecule has 0 saturated heterocycles. The van der Waals surface area contributed by atoms with Crippen LogP contribution in [-0.4, -0.2) is 0 Å². The van der Waals surface area contributed by atoms with Gasteiger partial charge in [0.15, 0.2) is 6.17 Å². The number of aromatic nitrogens is 1. The van der Waals surface area contributed by atoms with Crippen LogP contribution in [0.15, 0.2) is 42.5 Å². The van der Waals surface area contributed by atoms with Crippen LogP contribution in [0, 0.1) is 12.3 Å². The second-order valence-corrected chi connectivity index (χ2v) is 11.5. The average Bonchev–Trinajstić information content (AvgIpc) is 2.78. The molecule has 4 rings (SSSR count). The zero-order chi connectivity index (χ0) is 24.9. The maximum absolute atomic E-state index is 8.83. The Labute approximate surface area is 198 Å². The first-order valence-corrected chi connectivity index (χ1v) is 12.5. The zero-order valence-corrected chi connectivity index (χ0v) is 21.4. The molecule has 0 atom stereocenters. The third-order valence-electron chi connectivity index (χ3n) is 7.82. The predicted octanol–water partition coefficient (Wildman–Crippen LogP) is 8.57. The van der Waals surface area contributed by atoms with E-state index < -0.39 is 0 Å². The van der Waals surface area contributed by atoms with Crippen molar-refractivity contribution in [1.82, 2.24) is 0 Å². The smallest absolute Gasteiger partial charge is 0.200 e. The van der Waals surface area contributed by atoms with Gasteiger partial charge in [-0.25, -0.2) is 4.57 Å². The van der Waals surface area contributed by atoms with E-state index in [1.54, 1.807) is 0 Å². The van der Waals surface area contributed by atoms with Crippen LogP contribution >= 0.6 is 0 Å². The van der Waals surface area contributed by atoms with Gasteiger partial charge in [-0.3, -0.25) is 0 Å². The maximum atomic E-state index is 8.83. The Morgan fingerprint density at radius 1 is 1.00 bits per heavy atom. The highest BCUT2D eigenvalue weighted by Gasteiger charge is 2.28. The predicted molar refractivity (Wildman–Crippen MR) is 138 cm³/mol. The number of pyridine rings is 1. The molecular weight excluding hydrogens is 386 g/mol. The van der Waals surface area contributed by atoms with Crippen molar-refractivity contribution in [3.05, 3.63) is 64.8 Å². The van der Waals surface area contributed by atoms with E-state index in [4.69, 9.17) is 2.74 Å². The summed E-state index contributed by atoms with van der Waals surface area (Å²) in [7, 11) is 1.95. The quantitative estimate of drug-likeness (QED) is 0.365. The Morgan fingerprint density at radius 2 is 1.69 bits per heavy atom. The number of nitrogens with zero attached hydrogens (tertiary/aromatic N) is 1. The highest BCUT2D eigenvalue weighted by atomic mass is 14.9. The lowest BCUT2D eigenvalue weighted by Gasteiger charge is -2.34. The molecule has 0 spiro atoms. The monoisotopic (exact) mass is 430 g/mol. The molecule has 0 N–H and O–H groups in total. The van der Waals surface area contributed by atoms with Gasteiger partial charge < -0.3 is 0 Å². The second-order valence-electron chi connectivity index (χ2n) is 11.5. The van der Waals surface area contributed by atoms with E-state index in [2.05, 4.69) is 78.8 Å². The van der Waals surface area contributed by atoms with Crippen molar-refractivity contribution in [3.8, 4) is 11.3 Å². The molecule has 1 heteroatoms. The van der Waals surface area contributed by atoms with E-state index >= 15 is 0 Å². The van der Waals surface area contributed by atoms with Gasteiger partial charge in [-0.15, -0.1) is 0 Å². The molecule has 0 amide bonds. The average molecular weight is 431 g/mol. The third-order valence-corrected chi connectivity index (χ3v) is 7.82. The number of hydrogen-bond acceptors (Lipinski definition) is 0. The fourth-order valence-corrected chi connectivity index (χ4v) is 5.50. The Bertz CT molecular complexity index is 1230. The Balaban J connectivity index is 1.94. The highest BCUT2D eigenvalue weighted by Crippen LogP contribution is 2.43. The molecule has 1 aliphatic carbocycles. The van der Waals surface area contributed by atoms with Crippen LogP contribution in [0.1, 0.15) is 110 Å². The molecule has 0 aliphatic heterocycles. The molecule has 1 fully saturated rings. The van der Waals surface area contributed by atoms with Crippen molar-refractivity contribution in [2.45, 2.75) is 91.9 Å². The van der Waals surface area contributed by atoms with Crippen LogP contribution < -0.4 is 4.57 Å². The summed E-state index contributed by atoms with van der Waals surface area (Å²) in [6.45, 7) is 16.0. The van der Waals surface area contributed by atoms with Gasteiger partial charge in [-0.2, -0.15) is 0 Å². The summed E-state index contributed by atoms with van der Waals surface area (Å²) in [5, 5.41) is 2.00. The second kappa shape index (κ2) is 8.65. The molecule has 32 heavy (non-hydrogen) atoms. The highest BCUT2D eigenvalue weighted by molar-refractivity contribution is 5.94. The van der Waals surface area contributed by atoms with Crippen LogP contribution in [0.4, 0.5) is 0 Å². The lowest BCUT2D eigenvalue weighted by atomic mass is 9.71. The minimum absolute atomic E-state index is 0.282. The number of fused-ring (bicyclic) bond motifs is 1. The van der Waals surface area contributed by atoms with Gasteiger partial charge >= 0.3 is 0 Å². The Morgan fingerprint density at radius 3 is 2.31 bits per heavy atom. The molecule has 1 nitrogen and oxygen atoms in total. The van der Waals surface area contributed by atoms with E-state index in [0.29, 0.717) is 29.2 Å². The summed E-state index contributed by atoms with van der Waals surface area (Å²) >= 11 is 0. The first-order chi connectivity index (χ1) is 15.9. The van der Waals surface area contributed by atoms with Gasteiger partial charge in [-0.05, 0) is 95.5 Å². The van der Waals surface area contributed by atoms with Crippen molar-refractivity contribution in [3.63, 3.8) is 0 Å². The normalized spacial score (nSPS) is 17.8. The van der Waals surface area contributed by atoms with Crippen LogP contribution in [0.5, 0.6) is 0 Å². The molecule has 0 unspecified atom stereocenters. The van der Waals surface area contributed by atoms with Crippen LogP contribution in [-0.2, 0) is 7.05 Å². The van der Waals surface area contributed by atoms with E-state index in [1.165, 1.54) is 53.5 Å². The van der Waals surface area contributed by atoms with Gasteiger partial charge in [0, 0.05) is 6.04 Å². The molecule has 3 aromatic rings. The molecule has 1 aliphatic rings. The van der Waals surface area contributed by atoms with Crippen molar-refractivity contribution >= 4 is 10.8 Å². The van der Waals surface area contributed by atoms with Crippen LogP contribution in [0.25, 0.3) is 22.0 Å². The largest absolute Gasteiger partial charge is 0.220 e. The summed E-state index contributed by atoms with van der Waals surface area (Å²) in [6.07, 6.45) is 5.20. The summed E-state index contributed by atoms with van der Waals surface area (Å²) in [5.74, 6) is 1.42. The first-order valence-electron chi connectivity index (χ1n) is 13.5. The van der Waals surface area contributed by atoms with Crippen molar-refractivity contribution in [2.75, 3.05) is 0 Å². The molecule has 1 saturated carbocycles. The third kappa shape index (κ3) is 4.36. The van der Waals surface area contributed by atoms with Gasteiger partial charge in [0.25, 0.3) is 0 Å². The maximum Gasteiger partial charge on any atom is 0.220 e. The van der Waals surface area contributed by atoms with Crippen molar-refractivity contribution < 1.29 is 7.31 Å². The molecule has 1 aromatic heterocycles. The number of rotatable bonds is 4. The molecule has 1 heterocycles. The van der Waals surface area contributed by atoms with E-state index in [9.17, 15) is 0 Å². The number of benzene rings is 2. The lowest BCUT2D eigenvalue weighted by Crippen LogP contribution is -2.31. The van der Waals surface area contributed by atoms with Crippen LogP contribution in [0.2, 0.25) is 0 Å². The van der Waals surface area contributed by atoms with E-state index in [1.807, 2.05) is 11.6 Å². The minimum atomic E-state index is 0.282. The number of hydrogen-bond donors (Lipinski definition) is 0. The Kier molecular flexibility index (Phi) is 5.53. The lowest BCUT2D eigenvalue weighted by molar-refractivity contribution is -0.659. The molecule has 2 aromatic carbocycles. The SMILES string of the molecule is [2H]c1c([2H])[n+](C)c(-c2cc(C(C)C)cc(C(C)C)c2C)c2ccc(C3CCC(C)(C)CC3)cc12. The molecule has 0 bridgehead atoms. The van der Waals surface area contributed by atoms with Crippen molar-refractivity contribution in [2.24, 2.45) is 12.5 Å². The fraction of sp³-hybridized carbons (Fsp3) is 0.516. The topological polar surface area (TPSA) is 3.88 Å². The summed E-state index contributed by atoms with van der Waals surface area (Å²) in [6, 6.07) is 11.8. The fourth-order valence-electron chi connectivity index (χ4n) is 5.50. The van der Waals surface area contributed by atoms with Gasteiger partial charge in [-0.1, -0.05) is 59.7 Å². The van der Waals surface area contributed by atoms with Gasteiger partial charge in [0.05, 0.1) is 12.3 Å². The van der Waals surface area contributed by atoms with E-state index in [0.717, 1.165) is 16.5 Å². The summed E-state index contributed by atoms with van der Waals surface area (Å²) < 4.78 is 19.6. The minimum Gasteiger partial charge on any atom is -0.200 e. The summed E-state index contributed by atoms with van der Waals surface area (Å²) in [5.41, 5.74) is 8.03. The molecular formula is C31H42N+.